The van der Waals surface area contributed by atoms with Crippen molar-refractivity contribution in [2.45, 2.75) is 71.7 Å². The van der Waals surface area contributed by atoms with E-state index in [9.17, 15) is 18.0 Å². The molecule has 1 aromatic heterocycles. The molecule has 5 rings (SSSR count). The molecule has 0 radical (unpaired) electrons. The number of halogens is 3. The number of benzene rings is 3. The number of nitrogens with one attached hydrogen (secondary N) is 1. The second-order valence-corrected chi connectivity index (χ2v) is 12.6. The molecule has 1 aliphatic heterocycles. The van der Waals surface area contributed by atoms with Crippen molar-refractivity contribution in [3.63, 3.8) is 0 Å². The van der Waals surface area contributed by atoms with E-state index in [1.54, 1.807) is 11.8 Å². The highest BCUT2D eigenvalue weighted by atomic mass is 32.2. The number of rotatable bonds is 11. The molecule has 2 amide bonds. The number of aliphatic imine (C=N–C) groups is 1. The van der Waals surface area contributed by atoms with Crippen LogP contribution in [-0.2, 0) is 12.8 Å². The lowest BCUT2D eigenvalue weighted by molar-refractivity contribution is -0.274. The van der Waals surface area contributed by atoms with Gasteiger partial charge in [-0.1, -0.05) is 61.5 Å². The summed E-state index contributed by atoms with van der Waals surface area (Å²) < 4.78 is 42.7. The number of ether oxygens (including phenoxy) is 1. The zero-order valence-electron chi connectivity index (χ0n) is 26.8. The summed E-state index contributed by atoms with van der Waals surface area (Å²) in [6.45, 7) is 7.02. The lowest BCUT2D eigenvalue weighted by atomic mass is 10.0. The number of amides is 2. The van der Waals surface area contributed by atoms with E-state index in [1.807, 2.05) is 24.3 Å². The van der Waals surface area contributed by atoms with Crippen molar-refractivity contribution in [2.75, 3.05) is 17.2 Å². The number of thioether (sulfide) groups is 1. The van der Waals surface area contributed by atoms with Crippen molar-refractivity contribution in [3.05, 3.63) is 89.7 Å². The van der Waals surface area contributed by atoms with Crippen LogP contribution in [0.3, 0.4) is 0 Å². The maximum atomic E-state index is 12.8. The molecule has 1 atom stereocenters. The number of nitrogens with zero attached hydrogens (tertiary/aromatic N) is 5. The van der Waals surface area contributed by atoms with E-state index in [4.69, 9.17) is 0 Å². The number of urea groups is 1. The van der Waals surface area contributed by atoms with Gasteiger partial charge in [0.15, 0.2) is 11.0 Å². The molecule has 0 saturated carbocycles. The van der Waals surface area contributed by atoms with Crippen LogP contribution < -0.4 is 15.0 Å². The number of anilines is 1. The van der Waals surface area contributed by atoms with Gasteiger partial charge in [0.2, 0.25) is 0 Å². The van der Waals surface area contributed by atoms with E-state index < -0.39 is 6.36 Å². The van der Waals surface area contributed by atoms with E-state index in [0.29, 0.717) is 18.1 Å². The number of unbranched alkanes of at least 4 members (excludes halogenated alkanes) is 1. The number of aromatic nitrogens is 3. The van der Waals surface area contributed by atoms with Crippen molar-refractivity contribution in [1.82, 2.24) is 20.1 Å². The van der Waals surface area contributed by atoms with E-state index in [0.717, 1.165) is 66.3 Å². The van der Waals surface area contributed by atoms with Crippen LogP contribution in [0.15, 0.2) is 78.0 Å². The van der Waals surface area contributed by atoms with Gasteiger partial charge in [0.1, 0.15) is 12.1 Å². The van der Waals surface area contributed by atoms with Crippen LogP contribution in [0.25, 0.3) is 17.1 Å². The number of hydrogen-bond acceptors (Lipinski definition) is 5. The number of carbonyl (C=O) groups excluding carboxylic acids is 1. The second-order valence-electron chi connectivity index (χ2n) is 11.6. The molecule has 1 saturated heterocycles. The Bertz CT molecular complexity index is 1670. The summed E-state index contributed by atoms with van der Waals surface area (Å²) in [6.07, 6.45) is 2.42. The van der Waals surface area contributed by atoms with Gasteiger partial charge in [-0.2, -0.15) is 4.99 Å². The Morgan fingerprint density at radius 3 is 2.55 bits per heavy atom. The lowest BCUT2D eigenvalue weighted by Crippen LogP contribution is -2.42. The van der Waals surface area contributed by atoms with Gasteiger partial charge in [-0.05, 0) is 93.0 Å². The average molecular weight is 665 g/mol. The second kappa shape index (κ2) is 15.5. The molecule has 47 heavy (non-hydrogen) atoms. The summed E-state index contributed by atoms with van der Waals surface area (Å²) >= 11 is 1.64. The Hall–Kier alpha value is -4.32. The van der Waals surface area contributed by atoms with Gasteiger partial charge in [-0.25, -0.2) is 14.5 Å². The molecule has 248 valence electrons. The summed E-state index contributed by atoms with van der Waals surface area (Å²) in [5, 5.41) is 8.19. The first-order chi connectivity index (χ1) is 22.6. The highest BCUT2D eigenvalue weighted by Gasteiger charge is 2.31. The van der Waals surface area contributed by atoms with Crippen molar-refractivity contribution >= 4 is 28.6 Å². The topological polar surface area (TPSA) is 84.6 Å². The molecular formula is C35H39F3N6O2S. The molecular weight excluding hydrogens is 625 g/mol. The molecule has 0 aliphatic carbocycles. The van der Waals surface area contributed by atoms with Gasteiger partial charge in [0, 0.05) is 29.6 Å². The third kappa shape index (κ3) is 9.37. The Morgan fingerprint density at radius 2 is 1.83 bits per heavy atom. The van der Waals surface area contributed by atoms with Crippen LogP contribution in [-0.4, -0.2) is 50.7 Å². The highest BCUT2D eigenvalue weighted by molar-refractivity contribution is 8.14. The number of aryl methyl sites for hydroxylation is 3. The van der Waals surface area contributed by atoms with E-state index in [-0.39, 0.29) is 17.8 Å². The van der Waals surface area contributed by atoms with E-state index in [2.05, 4.69) is 69.0 Å². The van der Waals surface area contributed by atoms with Gasteiger partial charge < -0.3 is 15.0 Å². The first-order valence-electron chi connectivity index (χ1n) is 15.8. The maximum Gasteiger partial charge on any atom is 0.573 e. The minimum absolute atomic E-state index is 0.264. The van der Waals surface area contributed by atoms with Crippen LogP contribution >= 0.6 is 11.8 Å². The normalized spacial score (nSPS) is 16.0. The molecule has 1 N–H and O–H groups in total. The Morgan fingerprint density at radius 1 is 1.06 bits per heavy atom. The van der Waals surface area contributed by atoms with Crippen molar-refractivity contribution in [1.29, 1.82) is 0 Å². The lowest BCUT2D eigenvalue weighted by Gasteiger charge is -2.37. The van der Waals surface area contributed by atoms with Crippen LogP contribution in [0.4, 0.5) is 23.7 Å². The minimum atomic E-state index is -4.74. The van der Waals surface area contributed by atoms with Crippen molar-refractivity contribution in [3.8, 4) is 22.8 Å². The summed E-state index contributed by atoms with van der Waals surface area (Å²) in [5.41, 5.74) is 6.17. The van der Waals surface area contributed by atoms with Crippen LogP contribution in [0, 0.1) is 6.92 Å². The van der Waals surface area contributed by atoms with Gasteiger partial charge in [0.05, 0.1) is 5.69 Å². The van der Waals surface area contributed by atoms with E-state index in [1.165, 1.54) is 46.4 Å². The fourth-order valence-electron chi connectivity index (χ4n) is 5.43. The zero-order chi connectivity index (χ0) is 33.4. The van der Waals surface area contributed by atoms with Gasteiger partial charge in [-0.15, -0.1) is 18.3 Å². The Labute approximate surface area is 277 Å². The van der Waals surface area contributed by atoms with Crippen molar-refractivity contribution < 1.29 is 22.7 Å². The Balaban J connectivity index is 1.10. The van der Waals surface area contributed by atoms with E-state index >= 15 is 0 Å². The monoisotopic (exact) mass is 664 g/mol. The molecule has 0 spiro atoms. The number of hydrogen-bond donors (Lipinski definition) is 1. The highest BCUT2D eigenvalue weighted by Crippen LogP contribution is 2.33. The molecule has 3 aromatic carbocycles. The van der Waals surface area contributed by atoms with Gasteiger partial charge in [-0.3, -0.25) is 0 Å². The first-order valence-corrected chi connectivity index (χ1v) is 16.8. The molecule has 4 aromatic rings. The van der Waals surface area contributed by atoms with Crippen LogP contribution in [0.1, 0.15) is 56.2 Å². The number of amidine groups is 1. The smallest absolute Gasteiger partial charge is 0.406 e. The molecule has 0 bridgehead atoms. The first kappa shape index (κ1) is 34.0. The molecule has 1 fully saturated rings. The summed E-state index contributed by atoms with van der Waals surface area (Å²) in [6, 6.07) is 19.9. The maximum absolute atomic E-state index is 12.8. The number of alkyl halides is 3. The third-order valence-electron chi connectivity index (χ3n) is 7.84. The Kier molecular flexibility index (Phi) is 11.2. The average Bonchev–Trinajstić information content (AvgIpc) is 3.52. The van der Waals surface area contributed by atoms with Crippen LogP contribution in [0.5, 0.6) is 5.75 Å². The fourth-order valence-corrected chi connectivity index (χ4v) is 6.64. The largest absolute Gasteiger partial charge is 0.573 e. The minimum Gasteiger partial charge on any atom is -0.406 e. The van der Waals surface area contributed by atoms with Gasteiger partial charge in [0.25, 0.3) is 0 Å². The standard InChI is InChI=1S/C35H39F3N6O2S/c1-4-7-27-12-9-24(2)22-31(27)44-25(3)19-21-47-34(44)41-33(45)39-20-6-5-8-26-10-13-28(14-11-26)32-40-23-43(42-32)29-15-17-30(18-16-29)46-35(36,37)38/h9-18,22-23,25H,4-8,19-21H2,1-3H3,(H,39,45). The predicted molar refractivity (Wildman–Crippen MR) is 181 cm³/mol. The quantitative estimate of drug-likeness (QED) is 0.162. The summed E-state index contributed by atoms with van der Waals surface area (Å²) in [5.74, 6) is 1.14. The SMILES string of the molecule is CCCc1ccc(C)cc1N1C(=NC(=O)NCCCCc2ccc(-c3ncn(-c4ccc(OC(F)(F)F)cc4)n3)cc2)SCCC1C. The summed E-state index contributed by atoms with van der Waals surface area (Å²) in [7, 11) is 0. The van der Waals surface area contributed by atoms with Gasteiger partial charge >= 0.3 is 12.4 Å². The molecule has 1 aliphatic rings. The summed E-state index contributed by atoms with van der Waals surface area (Å²) in [4.78, 5) is 23.9. The van der Waals surface area contributed by atoms with Crippen molar-refractivity contribution in [2.24, 2.45) is 4.99 Å². The van der Waals surface area contributed by atoms with Crippen LogP contribution in [0.2, 0.25) is 0 Å². The molecule has 12 heteroatoms. The zero-order valence-corrected chi connectivity index (χ0v) is 27.6. The molecule has 2 heterocycles. The fraction of sp³-hybridized carbons (Fsp3) is 0.371. The number of carbonyl (C=O) groups is 1. The molecule has 1 unspecified atom stereocenters. The third-order valence-corrected chi connectivity index (χ3v) is 8.82. The molecule has 8 nitrogen and oxygen atoms in total. The predicted octanol–water partition coefficient (Wildman–Crippen LogP) is 8.51.